The molecule has 0 aliphatic carbocycles. The van der Waals surface area contributed by atoms with Crippen LogP contribution in [0.1, 0.15) is 65.7 Å². The number of carboxylic acids is 2. The fraction of sp³-hybridized carbons (Fsp3) is 0.273. The molecule has 2 rings (SSSR count). The topological polar surface area (TPSA) is 130 Å². The van der Waals surface area contributed by atoms with E-state index in [2.05, 4.69) is 5.32 Å². The molecule has 3 N–H and O–H groups in total. The molecule has 0 aliphatic heterocycles. The SMILES string of the molecule is CC.CC(C)(C)OC(=O)Nc1ccccc1C(=O)O.O=Cc1cccc(C(=O)O)c1. The van der Waals surface area contributed by atoms with Crippen LogP contribution in [-0.4, -0.2) is 40.1 Å². The maximum Gasteiger partial charge on any atom is 0.412 e. The van der Waals surface area contributed by atoms with E-state index < -0.39 is 23.6 Å². The van der Waals surface area contributed by atoms with Crippen LogP contribution >= 0.6 is 0 Å². The van der Waals surface area contributed by atoms with Crippen LogP contribution < -0.4 is 5.32 Å². The van der Waals surface area contributed by atoms with Gasteiger partial charge in [0.05, 0.1) is 16.8 Å². The van der Waals surface area contributed by atoms with E-state index in [4.69, 9.17) is 14.9 Å². The summed E-state index contributed by atoms with van der Waals surface area (Å²) in [7, 11) is 0. The molecule has 0 aliphatic rings. The molecule has 0 unspecified atom stereocenters. The first kappa shape index (κ1) is 26.3. The van der Waals surface area contributed by atoms with Crippen molar-refractivity contribution in [3.63, 3.8) is 0 Å². The largest absolute Gasteiger partial charge is 0.478 e. The summed E-state index contributed by atoms with van der Waals surface area (Å²) >= 11 is 0. The Hall–Kier alpha value is -3.68. The summed E-state index contributed by atoms with van der Waals surface area (Å²) in [5, 5.41) is 19.8. The van der Waals surface area contributed by atoms with E-state index in [-0.39, 0.29) is 16.8 Å². The third-order valence-corrected chi connectivity index (χ3v) is 3.06. The minimum Gasteiger partial charge on any atom is -0.478 e. The fourth-order valence-electron chi connectivity index (χ4n) is 1.94. The Morgan fingerprint density at radius 3 is 2.03 bits per heavy atom. The highest BCUT2D eigenvalue weighted by Gasteiger charge is 2.18. The predicted molar refractivity (Wildman–Crippen MR) is 113 cm³/mol. The molecule has 0 atom stereocenters. The second kappa shape index (κ2) is 12.7. The average molecular weight is 417 g/mol. The summed E-state index contributed by atoms with van der Waals surface area (Å²) in [4.78, 5) is 42.9. The van der Waals surface area contributed by atoms with E-state index in [9.17, 15) is 19.2 Å². The standard InChI is InChI=1S/C12H15NO4.C8H6O3.C2H6/c1-12(2,3)17-11(16)13-9-7-5-4-6-8(9)10(14)15;9-5-6-2-1-3-7(4-6)8(10)11;1-2/h4-7H,1-3H3,(H,13,16)(H,14,15);1-5H,(H,10,11);1-2H3. The van der Waals surface area contributed by atoms with Crippen LogP contribution in [0.5, 0.6) is 0 Å². The quantitative estimate of drug-likeness (QED) is 0.600. The molecule has 0 radical (unpaired) electrons. The molecule has 2 aromatic rings. The van der Waals surface area contributed by atoms with Gasteiger partial charge in [0.15, 0.2) is 0 Å². The van der Waals surface area contributed by atoms with Crippen molar-refractivity contribution in [3.8, 4) is 0 Å². The van der Waals surface area contributed by atoms with Crippen LogP contribution in [0.15, 0.2) is 48.5 Å². The number of amides is 1. The lowest BCUT2D eigenvalue weighted by atomic mass is 10.1. The number of carbonyl (C=O) groups is 4. The maximum atomic E-state index is 11.5. The van der Waals surface area contributed by atoms with E-state index >= 15 is 0 Å². The molecule has 0 saturated carbocycles. The number of hydrogen-bond acceptors (Lipinski definition) is 5. The number of ether oxygens (including phenoxy) is 1. The van der Waals surface area contributed by atoms with Gasteiger partial charge in [-0.2, -0.15) is 0 Å². The second-order valence-corrected chi connectivity index (χ2v) is 6.53. The van der Waals surface area contributed by atoms with Gasteiger partial charge < -0.3 is 14.9 Å². The smallest absolute Gasteiger partial charge is 0.412 e. The first-order chi connectivity index (χ1) is 14.0. The van der Waals surface area contributed by atoms with Gasteiger partial charge >= 0.3 is 18.0 Å². The Morgan fingerprint density at radius 1 is 0.933 bits per heavy atom. The highest BCUT2D eigenvalue weighted by atomic mass is 16.6. The Bertz CT molecular complexity index is 870. The Kier molecular flexibility index (Phi) is 11.2. The number of para-hydroxylation sites is 1. The monoisotopic (exact) mass is 417 g/mol. The normalized spacial score (nSPS) is 9.63. The van der Waals surface area contributed by atoms with Crippen molar-refractivity contribution >= 4 is 30.0 Å². The van der Waals surface area contributed by atoms with Crippen LogP contribution in [0.3, 0.4) is 0 Å². The van der Waals surface area contributed by atoms with Crippen molar-refractivity contribution in [2.75, 3.05) is 5.32 Å². The maximum absolute atomic E-state index is 11.5. The van der Waals surface area contributed by atoms with Gasteiger partial charge in [0.1, 0.15) is 11.9 Å². The molecule has 1 amide bonds. The number of anilines is 1. The van der Waals surface area contributed by atoms with Crippen molar-refractivity contribution < 1.29 is 34.1 Å². The summed E-state index contributed by atoms with van der Waals surface area (Å²) in [6, 6.07) is 12.0. The average Bonchev–Trinajstić information content (AvgIpc) is 2.68. The molecule has 0 heterocycles. The molecule has 162 valence electrons. The number of nitrogens with one attached hydrogen (secondary N) is 1. The van der Waals surface area contributed by atoms with Gasteiger partial charge in [-0.05, 0) is 45.0 Å². The van der Waals surface area contributed by atoms with Crippen LogP contribution in [0.2, 0.25) is 0 Å². The van der Waals surface area contributed by atoms with Crippen molar-refractivity contribution in [1.29, 1.82) is 0 Å². The van der Waals surface area contributed by atoms with Gasteiger partial charge in [0, 0.05) is 5.56 Å². The molecular weight excluding hydrogens is 390 g/mol. The highest BCUT2D eigenvalue weighted by molar-refractivity contribution is 5.98. The molecule has 8 nitrogen and oxygen atoms in total. The van der Waals surface area contributed by atoms with Gasteiger partial charge in [-0.25, -0.2) is 14.4 Å². The third-order valence-electron chi connectivity index (χ3n) is 3.06. The number of hydrogen-bond donors (Lipinski definition) is 3. The summed E-state index contributed by atoms with van der Waals surface area (Å²) in [5.41, 5.74) is 0.134. The minimum atomic E-state index is -1.10. The fourth-order valence-corrected chi connectivity index (χ4v) is 1.94. The van der Waals surface area contributed by atoms with Gasteiger partial charge in [-0.1, -0.05) is 38.1 Å². The zero-order chi connectivity index (χ0) is 23.3. The molecule has 0 aromatic heterocycles. The van der Waals surface area contributed by atoms with E-state index in [1.54, 1.807) is 39.0 Å². The van der Waals surface area contributed by atoms with Crippen molar-refractivity contribution in [2.24, 2.45) is 0 Å². The number of aromatic carboxylic acids is 2. The van der Waals surface area contributed by atoms with E-state index in [0.29, 0.717) is 11.8 Å². The molecule has 0 spiro atoms. The lowest BCUT2D eigenvalue weighted by Gasteiger charge is -2.20. The number of carbonyl (C=O) groups excluding carboxylic acids is 2. The molecule has 30 heavy (non-hydrogen) atoms. The number of rotatable bonds is 4. The van der Waals surface area contributed by atoms with Crippen molar-refractivity contribution in [3.05, 3.63) is 65.2 Å². The van der Waals surface area contributed by atoms with Gasteiger partial charge in [0.2, 0.25) is 0 Å². The second-order valence-electron chi connectivity index (χ2n) is 6.53. The Morgan fingerprint density at radius 2 is 1.53 bits per heavy atom. The van der Waals surface area contributed by atoms with E-state index in [1.165, 1.54) is 30.3 Å². The van der Waals surface area contributed by atoms with Gasteiger partial charge in [-0.3, -0.25) is 10.1 Å². The van der Waals surface area contributed by atoms with Crippen molar-refractivity contribution in [1.82, 2.24) is 0 Å². The highest BCUT2D eigenvalue weighted by Crippen LogP contribution is 2.16. The van der Waals surface area contributed by atoms with Crippen LogP contribution in [0.4, 0.5) is 10.5 Å². The lowest BCUT2D eigenvalue weighted by molar-refractivity contribution is 0.0633. The zero-order valence-corrected chi connectivity index (χ0v) is 17.6. The van der Waals surface area contributed by atoms with Gasteiger partial charge in [-0.15, -0.1) is 0 Å². The minimum absolute atomic E-state index is 0.0263. The lowest BCUT2D eigenvalue weighted by Crippen LogP contribution is -2.27. The first-order valence-corrected chi connectivity index (χ1v) is 9.14. The summed E-state index contributed by atoms with van der Waals surface area (Å²) < 4.78 is 5.03. The third kappa shape index (κ3) is 10.0. The summed E-state index contributed by atoms with van der Waals surface area (Å²) in [6.45, 7) is 9.20. The van der Waals surface area contributed by atoms with E-state index in [0.717, 1.165) is 0 Å². The van der Waals surface area contributed by atoms with Gasteiger partial charge in [0.25, 0.3) is 0 Å². The van der Waals surface area contributed by atoms with E-state index in [1.807, 2.05) is 13.8 Å². The number of benzene rings is 2. The molecule has 8 heteroatoms. The predicted octanol–water partition coefficient (Wildman–Crippen LogP) is 4.96. The van der Waals surface area contributed by atoms with Crippen LogP contribution in [-0.2, 0) is 4.74 Å². The first-order valence-electron chi connectivity index (χ1n) is 9.14. The molecule has 0 fully saturated rings. The summed E-state index contributed by atoms with van der Waals surface area (Å²) in [5.74, 6) is -2.12. The molecule has 0 bridgehead atoms. The Labute approximate surface area is 175 Å². The number of carboxylic acid groups (broad SMARTS) is 2. The molecular formula is C22H27NO7. The van der Waals surface area contributed by atoms with Crippen LogP contribution in [0.25, 0.3) is 0 Å². The number of aldehydes is 1. The van der Waals surface area contributed by atoms with Crippen molar-refractivity contribution in [2.45, 2.75) is 40.2 Å². The Balaban J connectivity index is 0.000000557. The molecule has 2 aromatic carbocycles. The zero-order valence-electron chi connectivity index (χ0n) is 17.6. The molecule has 0 saturated heterocycles. The van der Waals surface area contributed by atoms with Crippen LogP contribution in [0, 0.1) is 0 Å². The summed E-state index contributed by atoms with van der Waals surface area (Å²) in [6.07, 6.45) is -0.0573.